The van der Waals surface area contributed by atoms with E-state index in [1.165, 1.54) is 26.4 Å². The molecule has 2 rings (SSSR count). The zero-order valence-electron chi connectivity index (χ0n) is 14.8. The zero-order chi connectivity index (χ0) is 19.1. The fraction of sp³-hybridized carbons (Fsp3) is 0.278. The lowest BCUT2D eigenvalue weighted by Crippen LogP contribution is -2.26. The van der Waals surface area contributed by atoms with Crippen LogP contribution in [0.25, 0.3) is 0 Å². The van der Waals surface area contributed by atoms with E-state index in [0.717, 1.165) is 6.42 Å². The van der Waals surface area contributed by atoms with Gasteiger partial charge < -0.3 is 20.1 Å². The Morgan fingerprint density at radius 3 is 2.35 bits per heavy atom. The number of carbonyl (C=O) groups is 2. The van der Waals surface area contributed by atoms with Gasteiger partial charge in [0, 0.05) is 18.7 Å². The Kier molecular flexibility index (Phi) is 6.80. The second-order valence-corrected chi connectivity index (χ2v) is 5.71. The van der Waals surface area contributed by atoms with Crippen molar-refractivity contribution in [3.8, 4) is 11.5 Å². The molecule has 0 spiro atoms. The van der Waals surface area contributed by atoms with E-state index in [4.69, 9.17) is 21.1 Å². The van der Waals surface area contributed by atoms with Gasteiger partial charge in [0.2, 0.25) is 0 Å². The molecule has 2 aromatic rings. The molecule has 2 N–H and O–H groups in total. The molecule has 0 saturated heterocycles. The van der Waals surface area contributed by atoms with Crippen molar-refractivity contribution in [2.75, 3.05) is 26.1 Å². The van der Waals surface area contributed by atoms with Crippen molar-refractivity contribution >= 4 is 29.1 Å². The van der Waals surface area contributed by atoms with E-state index in [1.807, 2.05) is 6.92 Å². The van der Waals surface area contributed by atoms with E-state index in [1.54, 1.807) is 18.2 Å². The van der Waals surface area contributed by atoms with E-state index >= 15 is 0 Å². The van der Waals surface area contributed by atoms with Crippen molar-refractivity contribution in [2.24, 2.45) is 0 Å². The first kappa shape index (κ1) is 19.5. The first-order valence-corrected chi connectivity index (χ1v) is 8.36. The van der Waals surface area contributed by atoms with Gasteiger partial charge in [-0.1, -0.05) is 24.6 Å². The third kappa shape index (κ3) is 4.64. The minimum atomic E-state index is -0.488. The summed E-state index contributed by atoms with van der Waals surface area (Å²) >= 11 is 6.06. The maximum absolute atomic E-state index is 12.5. The van der Waals surface area contributed by atoms with E-state index < -0.39 is 5.91 Å². The summed E-state index contributed by atoms with van der Waals surface area (Å²) in [6.45, 7) is 2.49. The lowest BCUT2D eigenvalue weighted by Gasteiger charge is -2.13. The van der Waals surface area contributed by atoms with Crippen LogP contribution in [0.4, 0.5) is 5.69 Å². The average Bonchev–Trinajstić information content (AvgIpc) is 2.66. The number of ether oxygens (including phenoxy) is 2. The molecule has 7 nitrogen and oxygen atoms in total. The third-order valence-electron chi connectivity index (χ3n) is 3.47. The number of anilines is 1. The normalized spacial score (nSPS) is 10.2. The summed E-state index contributed by atoms with van der Waals surface area (Å²) in [5.74, 6) is -0.0468. The highest BCUT2D eigenvalue weighted by Crippen LogP contribution is 2.36. The number of methoxy groups -OCH3 is 2. The number of halogens is 1. The number of carbonyl (C=O) groups excluding carboxylic acids is 2. The maximum atomic E-state index is 12.5. The van der Waals surface area contributed by atoms with Gasteiger partial charge in [-0.2, -0.15) is 0 Å². The van der Waals surface area contributed by atoms with E-state index in [0.29, 0.717) is 28.8 Å². The molecular weight excluding hydrogens is 358 g/mol. The molecule has 1 aromatic heterocycles. The summed E-state index contributed by atoms with van der Waals surface area (Å²) in [4.78, 5) is 28.6. The lowest BCUT2D eigenvalue weighted by atomic mass is 10.2. The molecule has 2 amide bonds. The standard InChI is InChI=1S/C18H20ClN3O4/c1-4-8-20-17(23)12-6-5-7-13(21-12)18(24)22-14-10-15(25-2)11(19)9-16(14)26-3/h5-7,9-10H,4,8H2,1-3H3,(H,20,23)(H,22,24). The zero-order valence-corrected chi connectivity index (χ0v) is 15.5. The van der Waals surface area contributed by atoms with Crippen molar-refractivity contribution in [1.82, 2.24) is 10.3 Å². The molecule has 0 aliphatic heterocycles. The number of amides is 2. The molecule has 0 aliphatic rings. The molecule has 0 bridgehead atoms. The fourth-order valence-corrected chi connectivity index (χ4v) is 2.39. The van der Waals surface area contributed by atoms with Gasteiger partial charge in [0.1, 0.15) is 22.9 Å². The summed E-state index contributed by atoms with van der Waals surface area (Å²) in [7, 11) is 2.93. The van der Waals surface area contributed by atoms with Gasteiger partial charge in [-0.15, -0.1) is 0 Å². The van der Waals surface area contributed by atoms with Crippen LogP contribution in [0.3, 0.4) is 0 Å². The van der Waals surface area contributed by atoms with Crippen LogP contribution in [0.5, 0.6) is 11.5 Å². The largest absolute Gasteiger partial charge is 0.495 e. The van der Waals surface area contributed by atoms with Gasteiger partial charge in [0.15, 0.2) is 0 Å². The molecule has 8 heteroatoms. The molecule has 0 atom stereocenters. The van der Waals surface area contributed by atoms with Crippen LogP contribution in [-0.2, 0) is 0 Å². The molecular formula is C18H20ClN3O4. The number of nitrogens with zero attached hydrogens (tertiary/aromatic N) is 1. The number of pyridine rings is 1. The fourth-order valence-electron chi connectivity index (χ4n) is 2.16. The molecule has 1 aromatic carbocycles. The van der Waals surface area contributed by atoms with Crippen LogP contribution in [-0.4, -0.2) is 37.6 Å². The SMILES string of the molecule is CCCNC(=O)c1cccc(C(=O)Nc2cc(OC)c(Cl)cc2OC)n1. The van der Waals surface area contributed by atoms with Gasteiger partial charge >= 0.3 is 0 Å². The maximum Gasteiger partial charge on any atom is 0.274 e. The molecule has 0 aliphatic carbocycles. The van der Waals surface area contributed by atoms with Gasteiger partial charge in [-0.3, -0.25) is 9.59 Å². The molecule has 0 fully saturated rings. The Hall–Kier alpha value is -2.80. The van der Waals surface area contributed by atoms with Gasteiger partial charge in [-0.05, 0) is 18.6 Å². The molecule has 0 radical (unpaired) electrons. The van der Waals surface area contributed by atoms with Crippen molar-refractivity contribution in [1.29, 1.82) is 0 Å². The first-order chi connectivity index (χ1) is 12.5. The van der Waals surface area contributed by atoms with Crippen LogP contribution in [0, 0.1) is 0 Å². The predicted molar refractivity (Wildman–Crippen MR) is 99.4 cm³/mol. The summed E-state index contributed by atoms with van der Waals surface area (Å²) in [5.41, 5.74) is 0.651. The predicted octanol–water partition coefficient (Wildman–Crippen LogP) is 3.14. The summed E-state index contributed by atoms with van der Waals surface area (Å²) in [6.07, 6.45) is 0.810. The number of hydrogen-bond donors (Lipinski definition) is 2. The van der Waals surface area contributed by atoms with Crippen LogP contribution in [0.15, 0.2) is 30.3 Å². The molecule has 26 heavy (non-hydrogen) atoms. The number of aromatic nitrogens is 1. The molecule has 0 unspecified atom stereocenters. The van der Waals surface area contributed by atoms with Gasteiger partial charge in [-0.25, -0.2) is 4.98 Å². The topological polar surface area (TPSA) is 89.6 Å². The number of rotatable bonds is 7. The van der Waals surface area contributed by atoms with Crippen molar-refractivity contribution in [3.63, 3.8) is 0 Å². The second kappa shape index (κ2) is 9.05. The molecule has 0 saturated carbocycles. The summed E-state index contributed by atoms with van der Waals surface area (Å²) < 4.78 is 10.4. The lowest BCUT2D eigenvalue weighted by molar-refractivity contribution is 0.0948. The minimum absolute atomic E-state index is 0.102. The Balaban J connectivity index is 2.24. The van der Waals surface area contributed by atoms with E-state index in [2.05, 4.69) is 15.6 Å². The highest BCUT2D eigenvalue weighted by molar-refractivity contribution is 6.32. The van der Waals surface area contributed by atoms with Crippen LogP contribution in [0.2, 0.25) is 5.02 Å². The minimum Gasteiger partial charge on any atom is -0.495 e. The van der Waals surface area contributed by atoms with Crippen molar-refractivity contribution < 1.29 is 19.1 Å². The summed E-state index contributed by atoms with van der Waals surface area (Å²) in [6, 6.07) is 7.76. The Bertz CT molecular complexity index is 811. The van der Waals surface area contributed by atoms with Crippen LogP contribution < -0.4 is 20.1 Å². The van der Waals surface area contributed by atoms with Gasteiger partial charge in [0.25, 0.3) is 11.8 Å². The van der Waals surface area contributed by atoms with E-state index in [9.17, 15) is 9.59 Å². The smallest absolute Gasteiger partial charge is 0.274 e. The van der Waals surface area contributed by atoms with Crippen molar-refractivity contribution in [3.05, 3.63) is 46.7 Å². The second-order valence-electron chi connectivity index (χ2n) is 5.31. The molecule has 138 valence electrons. The monoisotopic (exact) mass is 377 g/mol. The Labute approximate surface area is 156 Å². The summed E-state index contributed by atoms with van der Waals surface area (Å²) in [5, 5.41) is 5.77. The quantitative estimate of drug-likeness (QED) is 0.773. The van der Waals surface area contributed by atoms with Gasteiger partial charge in [0.05, 0.1) is 24.9 Å². The van der Waals surface area contributed by atoms with Crippen molar-refractivity contribution in [2.45, 2.75) is 13.3 Å². The third-order valence-corrected chi connectivity index (χ3v) is 3.77. The highest BCUT2D eigenvalue weighted by atomic mass is 35.5. The number of nitrogens with one attached hydrogen (secondary N) is 2. The highest BCUT2D eigenvalue weighted by Gasteiger charge is 2.16. The average molecular weight is 378 g/mol. The Morgan fingerprint density at radius 1 is 1.08 bits per heavy atom. The Morgan fingerprint density at radius 2 is 1.73 bits per heavy atom. The number of benzene rings is 1. The van der Waals surface area contributed by atoms with Crippen LogP contribution in [0.1, 0.15) is 34.3 Å². The molecule has 1 heterocycles. The van der Waals surface area contributed by atoms with E-state index in [-0.39, 0.29) is 17.3 Å². The number of hydrogen-bond acceptors (Lipinski definition) is 5. The first-order valence-electron chi connectivity index (χ1n) is 7.98. The van der Waals surface area contributed by atoms with Crippen LogP contribution >= 0.6 is 11.6 Å².